The Bertz CT molecular complexity index is 619. The third-order valence-electron chi connectivity index (χ3n) is 2.92. The quantitative estimate of drug-likeness (QED) is 0.594. The summed E-state index contributed by atoms with van der Waals surface area (Å²) in [7, 11) is 0. The largest absolute Gasteiger partial charge is 0.346 e. The summed E-state index contributed by atoms with van der Waals surface area (Å²) in [5.41, 5.74) is 6.24. The van der Waals surface area contributed by atoms with Crippen LogP contribution < -0.4 is 16.6 Å². The number of aromatic nitrogens is 2. The van der Waals surface area contributed by atoms with Crippen LogP contribution in [-0.4, -0.2) is 15.9 Å². The Morgan fingerprint density at radius 3 is 2.71 bits per heavy atom. The van der Waals surface area contributed by atoms with Crippen LogP contribution >= 0.6 is 11.3 Å². The van der Waals surface area contributed by atoms with Gasteiger partial charge in [0.1, 0.15) is 5.82 Å². The van der Waals surface area contributed by atoms with Crippen LogP contribution in [0.1, 0.15) is 42.5 Å². The van der Waals surface area contributed by atoms with Crippen molar-refractivity contribution in [1.29, 1.82) is 0 Å². The fourth-order valence-electron chi connectivity index (χ4n) is 1.72. The number of pyridine rings is 1. The molecule has 0 aliphatic carbocycles. The molecule has 6 nitrogen and oxygen atoms in total. The Hall–Kier alpha value is -1.99. The molecule has 0 spiro atoms. The summed E-state index contributed by atoms with van der Waals surface area (Å²) in [5.74, 6) is 5.73. The molecule has 7 heteroatoms. The van der Waals surface area contributed by atoms with E-state index in [9.17, 15) is 4.79 Å². The molecule has 4 N–H and O–H groups in total. The van der Waals surface area contributed by atoms with Crippen molar-refractivity contribution in [3.05, 3.63) is 40.0 Å². The Morgan fingerprint density at radius 1 is 1.38 bits per heavy atom. The van der Waals surface area contributed by atoms with E-state index >= 15 is 0 Å². The highest BCUT2D eigenvalue weighted by molar-refractivity contribution is 7.07. The predicted octanol–water partition coefficient (Wildman–Crippen LogP) is 2.05. The second-order valence-electron chi connectivity index (χ2n) is 5.68. The van der Waals surface area contributed by atoms with E-state index in [4.69, 9.17) is 5.84 Å². The van der Waals surface area contributed by atoms with Gasteiger partial charge in [-0.1, -0.05) is 20.8 Å². The standard InChI is InChI=1S/C14H19N5OS/c1-14(2,3)11-4-9(5-12(18-11)19-15)13(20)16-6-10-7-21-8-17-10/h4-5,7-8H,6,15H2,1-3H3,(H,16,20)(H,18,19). The summed E-state index contributed by atoms with van der Waals surface area (Å²) in [6, 6.07) is 3.42. The summed E-state index contributed by atoms with van der Waals surface area (Å²) < 4.78 is 0. The molecule has 0 unspecified atom stereocenters. The zero-order valence-corrected chi connectivity index (χ0v) is 13.1. The van der Waals surface area contributed by atoms with E-state index in [0.29, 0.717) is 17.9 Å². The Morgan fingerprint density at radius 2 is 2.14 bits per heavy atom. The summed E-state index contributed by atoms with van der Waals surface area (Å²) in [6.07, 6.45) is 0. The van der Waals surface area contributed by atoms with Gasteiger partial charge < -0.3 is 10.7 Å². The van der Waals surface area contributed by atoms with Crippen LogP contribution in [0.15, 0.2) is 23.0 Å². The van der Waals surface area contributed by atoms with Crippen molar-refractivity contribution in [2.24, 2.45) is 5.84 Å². The number of hydrazine groups is 1. The molecule has 0 bridgehead atoms. The van der Waals surface area contributed by atoms with Gasteiger partial charge in [0, 0.05) is 22.1 Å². The molecule has 2 rings (SSSR count). The number of thiazole rings is 1. The molecule has 2 aromatic rings. The molecule has 2 aromatic heterocycles. The van der Waals surface area contributed by atoms with E-state index in [0.717, 1.165) is 11.4 Å². The number of nitrogens with zero attached hydrogens (tertiary/aromatic N) is 2. The second kappa shape index (κ2) is 6.19. The van der Waals surface area contributed by atoms with Gasteiger partial charge in [0.2, 0.25) is 0 Å². The summed E-state index contributed by atoms with van der Waals surface area (Å²) in [6.45, 7) is 6.51. The normalized spacial score (nSPS) is 11.2. The van der Waals surface area contributed by atoms with E-state index in [1.807, 2.05) is 26.2 Å². The first-order chi connectivity index (χ1) is 9.90. The van der Waals surface area contributed by atoms with Gasteiger partial charge >= 0.3 is 0 Å². The summed E-state index contributed by atoms with van der Waals surface area (Å²) >= 11 is 1.50. The van der Waals surface area contributed by atoms with E-state index in [2.05, 4.69) is 20.7 Å². The van der Waals surface area contributed by atoms with Crippen molar-refractivity contribution in [3.8, 4) is 0 Å². The predicted molar refractivity (Wildman–Crippen MR) is 84.0 cm³/mol. The molecule has 21 heavy (non-hydrogen) atoms. The number of carbonyl (C=O) groups excluding carboxylic acids is 1. The van der Waals surface area contributed by atoms with Gasteiger partial charge in [0.05, 0.1) is 17.7 Å². The number of nitrogen functional groups attached to an aromatic ring is 1. The Labute approximate surface area is 127 Å². The monoisotopic (exact) mass is 305 g/mol. The van der Waals surface area contributed by atoms with E-state index in [1.54, 1.807) is 17.6 Å². The molecule has 112 valence electrons. The van der Waals surface area contributed by atoms with Gasteiger partial charge in [-0.25, -0.2) is 15.8 Å². The SMILES string of the molecule is CC(C)(C)c1cc(C(=O)NCc2cscn2)cc(NN)n1. The Kier molecular flexibility index (Phi) is 4.54. The lowest BCUT2D eigenvalue weighted by molar-refractivity contribution is 0.0950. The molecule has 2 heterocycles. The third-order valence-corrected chi connectivity index (χ3v) is 3.55. The summed E-state index contributed by atoms with van der Waals surface area (Å²) in [5, 5.41) is 4.74. The number of nitrogens with two attached hydrogens (primary N) is 1. The Balaban J connectivity index is 2.19. The minimum atomic E-state index is -0.174. The molecular weight excluding hydrogens is 286 g/mol. The molecule has 0 aromatic carbocycles. The van der Waals surface area contributed by atoms with Crippen LogP contribution in [-0.2, 0) is 12.0 Å². The lowest BCUT2D eigenvalue weighted by Crippen LogP contribution is -2.25. The topological polar surface area (TPSA) is 92.9 Å². The zero-order chi connectivity index (χ0) is 15.5. The maximum absolute atomic E-state index is 12.3. The van der Waals surface area contributed by atoms with Crippen LogP contribution in [0.3, 0.4) is 0 Å². The molecule has 0 atom stereocenters. The molecule has 0 saturated heterocycles. The maximum Gasteiger partial charge on any atom is 0.251 e. The van der Waals surface area contributed by atoms with Gasteiger partial charge in [0.25, 0.3) is 5.91 Å². The maximum atomic E-state index is 12.3. The van der Waals surface area contributed by atoms with Crippen LogP contribution in [0, 0.1) is 0 Å². The number of hydrogen-bond acceptors (Lipinski definition) is 6. The van der Waals surface area contributed by atoms with Crippen LogP contribution in [0.25, 0.3) is 0 Å². The number of carbonyl (C=O) groups is 1. The van der Waals surface area contributed by atoms with Gasteiger partial charge in [-0.2, -0.15) is 0 Å². The van der Waals surface area contributed by atoms with Gasteiger partial charge in [-0.05, 0) is 12.1 Å². The number of rotatable bonds is 4. The second-order valence-corrected chi connectivity index (χ2v) is 6.40. The first-order valence-corrected chi connectivity index (χ1v) is 7.49. The molecule has 1 amide bonds. The van der Waals surface area contributed by atoms with Crippen LogP contribution in [0.4, 0.5) is 5.82 Å². The first kappa shape index (κ1) is 15.4. The van der Waals surface area contributed by atoms with E-state index in [1.165, 1.54) is 11.3 Å². The average Bonchev–Trinajstić information content (AvgIpc) is 2.96. The number of nitrogens with one attached hydrogen (secondary N) is 2. The number of anilines is 1. The van der Waals surface area contributed by atoms with Crippen molar-refractivity contribution in [3.63, 3.8) is 0 Å². The lowest BCUT2D eigenvalue weighted by atomic mass is 9.90. The van der Waals surface area contributed by atoms with Gasteiger partial charge in [0.15, 0.2) is 0 Å². The van der Waals surface area contributed by atoms with Crippen molar-refractivity contribution in [2.75, 3.05) is 5.43 Å². The number of amides is 1. The molecule has 0 fully saturated rings. The lowest BCUT2D eigenvalue weighted by Gasteiger charge is -2.19. The first-order valence-electron chi connectivity index (χ1n) is 6.54. The highest BCUT2D eigenvalue weighted by Crippen LogP contribution is 2.23. The fourth-order valence-corrected chi connectivity index (χ4v) is 2.28. The highest BCUT2D eigenvalue weighted by atomic mass is 32.1. The third kappa shape index (κ3) is 3.99. The van der Waals surface area contributed by atoms with E-state index < -0.39 is 0 Å². The van der Waals surface area contributed by atoms with Crippen molar-refractivity contribution < 1.29 is 4.79 Å². The zero-order valence-electron chi connectivity index (χ0n) is 12.3. The molecule has 0 radical (unpaired) electrons. The minimum absolute atomic E-state index is 0.170. The van der Waals surface area contributed by atoms with Crippen molar-refractivity contribution >= 4 is 23.1 Å². The van der Waals surface area contributed by atoms with Gasteiger partial charge in [-0.3, -0.25) is 4.79 Å². The molecular formula is C14H19N5OS. The number of hydrogen-bond donors (Lipinski definition) is 3. The molecule has 0 aliphatic heterocycles. The molecule has 0 saturated carbocycles. The van der Waals surface area contributed by atoms with E-state index in [-0.39, 0.29) is 11.3 Å². The van der Waals surface area contributed by atoms with Crippen molar-refractivity contribution in [1.82, 2.24) is 15.3 Å². The minimum Gasteiger partial charge on any atom is -0.346 e. The highest BCUT2D eigenvalue weighted by Gasteiger charge is 2.19. The summed E-state index contributed by atoms with van der Waals surface area (Å²) in [4.78, 5) is 20.8. The smallest absolute Gasteiger partial charge is 0.251 e. The van der Waals surface area contributed by atoms with Gasteiger partial charge in [-0.15, -0.1) is 11.3 Å². The average molecular weight is 305 g/mol. The van der Waals surface area contributed by atoms with Crippen LogP contribution in [0.2, 0.25) is 0 Å². The van der Waals surface area contributed by atoms with Crippen LogP contribution in [0.5, 0.6) is 0 Å². The van der Waals surface area contributed by atoms with Crippen molar-refractivity contribution in [2.45, 2.75) is 32.7 Å². The molecule has 0 aliphatic rings. The fraction of sp³-hybridized carbons (Fsp3) is 0.357.